The zero-order valence-corrected chi connectivity index (χ0v) is 21.1. The van der Waals surface area contributed by atoms with Gasteiger partial charge in [0, 0.05) is 10.6 Å². The molecule has 1 heterocycles. The summed E-state index contributed by atoms with van der Waals surface area (Å²) >= 11 is 8.37. The van der Waals surface area contributed by atoms with Gasteiger partial charge in [-0.15, -0.1) is 11.8 Å². The van der Waals surface area contributed by atoms with Crippen LogP contribution in [0.2, 0.25) is 0 Å². The molecule has 0 bridgehead atoms. The Kier molecular flexibility index (Phi) is 7.72. The highest BCUT2D eigenvalue weighted by Crippen LogP contribution is 2.37. The monoisotopic (exact) mass is 506 g/mol. The number of hydrogen-bond acceptors (Lipinski definition) is 6. The molecule has 5 nitrogen and oxygen atoms in total. The molecule has 3 aromatic rings. The predicted molar refractivity (Wildman–Crippen MR) is 146 cm³/mol. The average Bonchev–Trinajstić information content (AvgIpc) is 3.12. The van der Waals surface area contributed by atoms with Crippen molar-refractivity contribution >= 4 is 69.3 Å². The van der Waals surface area contributed by atoms with E-state index in [4.69, 9.17) is 17.0 Å². The summed E-state index contributed by atoms with van der Waals surface area (Å²) in [5, 5.41) is 2.80. The van der Waals surface area contributed by atoms with E-state index in [2.05, 4.69) is 5.32 Å². The summed E-state index contributed by atoms with van der Waals surface area (Å²) in [6.07, 6.45) is 3.80. The van der Waals surface area contributed by atoms with Crippen LogP contribution in [0.3, 0.4) is 0 Å². The molecule has 0 unspecified atom stereocenters. The van der Waals surface area contributed by atoms with Gasteiger partial charge in [0.05, 0.1) is 10.6 Å². The number of hydrogen-bond donors (Lipinski definition) is 1. The molecule has 1 aliphatic heterocycles. The maximum Gasteiger partial charge on any atom is 0.270 e. The Morgan fingerprint density at radius 2 is 1.85 bits per heavy atom. The van der Waals surface area contributed by atoms with E-state index in [1.165, 1.54) is 11.8 Å². The number of thiocarbonyl (C=S) groups is 1. The molecule has 4 rings (SSSR count). The molecule has 0 spiro atoms. The molecule has 8 heteroatoms. The first kappa shape index (κ1) is 24.1. The molecule has 172 valence electrons. The van der Waals surface area contributed by atoms with Gasteiger partial charge >= 0.3 is 0 Å². The van der Waals surface area contributed by atoms with Crippen molar-refractivity contribution in [3.63, 3.8) is 0 Å². The van der Waals surface area contributed by atoms with Crippen LogP contribution in [0.15, 0.2) is 82.6 Å². The van der Waals surface area contributed by atoms with Gasteiger partial charge in [-0.3, -0.25) is 14.5 Å². The molecular weight excluding hydrogens is 484 g/mol. The Balaban J connectivity index is 1.37. The van der Waals surface area contributed by atoms with E-state index in [9.17, 15) is 9.59 Å². The number of anilines is 2. The number of carbonyl (C=O) groups excluding carboxylic acids is 2. The Morgan fingerprint density at radius 1 is 1.12 bits per heavy atom. The van der Waals surface area contributed by atoms with Gasteiger partial charge in [-0.05, 0) is 67.3 Å². The van der Waals surface area contributed by atoms with Gasteiger partial charge in [0.15, 0.2) is 10.9 Å². The molecule has 2 amide bonds. The molecular formula is C26H22N2O3S3. The number of aryl methyl sites for hydroxylation is 1. The minimum absolute atomic E-state index is 0.0962. The third-order valence-electron chi connectivity index (χ3n) is 4.99. The molecule has 1 fully saturated rings. The van der Waals surface area contributed by atoms with Crippen LogP contribution in [-0.2, 0) is 9.59 Å². The first-order valence-electron chi connectivity index (χ1n) is 10.4. The Morgan fingerprint density at radius 3 is 2.56 bits per heavy atom. The molecule has 0 saturated carbocycles. The molecule has 0 aromatic heterocycles. The molecule has 3 aromatic carbocycles. The Hall–Kier alpha value is -3.07. The van der Waals surface area contributed by atoms with Crippen LogP contribution in [0.25, 0.3) is 6.08 Å². The number of ether oxygens (including phenoxy) is 1. The van der Waals surface area contributed by atoms with E-state index in [-0.39, 0.29) is 18.4 Å². The fraction of sp³-hybridized carbons (Fsp3) is 0.115. The third-order valence-corrected chi connectivity index (χ3v) is 7.02. The second-order valence-electron chi connectivity index (χ2n) is 7.49. The summed E-state index contributed by atoms with van der Waals surface area (Å²) < 4.78 is 6.10. The second kappa shape index (κ2) is 10.9. The lowest BCUT2D eigenvalue weighted by Crippen LogP contribution is -2.27. The fourth-order valence-electron chi connectivity index (χ4n) is 3.23. The number of amides is 2. The summed E-state index contributed by atoms with van der Waals surface area (Å²) in [6, 6.07) is 22.6. The first-order chi connectivity index (χ1) is 16.4. The summed E-state index contributed by atoms with van der Waals surface area (Å²) in [6.45, 7) is 1.89. The fourth-order valence-corrected chi connectivity index (χ4v) is 4.99. The van der Waals surface area contributed by atoms with E-state index in [0.717, 1.165) is 27.4 Å². The number of benzene rings is 3. The van der Waals surface area contributed by atoms with Crippen molar-refractivity contribution in [3.8, 4) is 5.75 Å². The van der Waals surface area contributed by atoms with Crippen LogP contribution < -0.4 is 15.0 Å². The molecule has 0 atom stereocenters. The van der Waals surface area contributed by atoms with Crippen molar-refractivity contribution in [1.82, 2.24) is 0 Å². The maximum atomic E-state index is 13.0. The lowest BCUT2D eigenvalue weighted by molar-refractivity contribution is -0.118. The lowest BCUT2D eigenvalue weighted by Gasteiger charge is -2.15. The van der Waals surface area contributed by atoms with Crippen molar-refractivity contribution in [1.29, 1.82) is 0 Å². The minimum Gasteiger partial charge on any atom is -0.484 e. The number of thioether (sulfide) groups is 2. The molecule has 1 N–H and O–H groups in total. The van der Waals surface area contributed by atoms with Crippen LogP contribution in [0, 0.1) is 6.92 Å². The minimum atomic E-state index is -0.234. The number of nitrogens with zero attached hydrogens (tertiary/aromatic N) is 1. The molecule has 1 saturated heterocycles. The van der Waals surface area contributed by atoms with Crippen LogP contribution in [0.1, 0.15) is 11.1 Å². The quantitative estimate of drug-likeness (QED) is 0.236. The number of rotatable bonds is 7. The summed E-state index contributed by atoms with van der Waals surface area (Å²) in [5.74, 6) is 0.195. The van der Waals surface area contributed by atoms with Crippen molar-refractivity contribution < 1.29 is 14.3 Å². The summed E-state index contributed by atoms with van der Waals surface area (Å²) in [4.78, 5) is 28.3. The van der Waals surface area contributed by atoms with Crippen LogP contribution in [0.4, 0.5) is 11.4 Å². The summed E-state index contributed by atoms with van der Waals surface area (Å²) in [7, 11) is 0. The SMILES string of the molecule is CSc1cccc(N2C(=O)/C(=C\c3ccc(OCC(=O)Nc4ccc(C)cc4)cc3)SC2=S)c1. The highest BCUT2D eigenvalue weighted by atomic mass is 32.2. The van der Waals surface area contributed by atoms with Gasteiger partial charge in [0.25, 0.3) is 11.8 Å². The van der Waals surface area contributed by atoms with Gasteiger partial charge < -0.3 is 10.1 Å². The highest BCUT2D eigenvalue weighted by Gasteiger charge is 2.33. The van der Waals surface area contributed by atoms with Crippen molar-refractivity contribution in [2.75, 3.05) is 23.1 Å². The lowest BCUT2D eigenvalue weighted by atomic mass is 10.2. The Bertz CT molecular complexity index is 1260. The van der Waals surface area contributed by atoms with E-state index in [1.54, 1.807) is 28.8 Å². The zero-order chi connectivity index (χ0) is 24.1. The predicted octanol–water partition coefficient (Wildman–Crippen LogP) is 6.14. The molecule has 0 radical (unpaired) electrons. The van der Waals surface area contributed by atoms with Gasteiger partial charge in [-0.25, -0.2) is 0 Å². The number of nitrogens with one attached hydrogen (secondary N) is 1. The third kappa shape index (κ3) is 5.88. The zero-order valence-electron chi connectivity index (χ0n) is 18.6. The van der Waals surface area contributed by atoms with Crippen molar-refractivity contribution in [2.45, 2.75) is 11.8 Å². The molecule has 1 aliphatic rings. The average molecular weight is 507 g/mol. The Labute approximate surface area is 212 Å². The van der Waals surface area contributed by atoms with Crippen LogP contribution in [0.5, 0.6) is 5.75 Å². The van der Waals surface area contributed by atoms with E-state index in [1.807, 2.05) is 79.9 Å². The molecule has 34 heavy (non-hydrogen) atoms. The maximum absolute atomic E-state index is 13.0. The van der Waals surface area contributed by atoms with E-state index >= 15 is 0 Å². The van der Waals surface area contributed by atoms with Gasteiger partial charge in [0.1, 0.15) is 5.75 Å². The first-order valence-corrected chi connectivity index (χ1v) is 12.9. The molecule has 0 aliphatic carbocycles. The van der Waals surface area contributed by atoms with Crippen molar-refractivity contribution in [2.24, 2.45) is 0 Å². The summed E-state index contributed by atoms with van der Waals surface area (Å²) in [5.41, 5.74) is 3.47. The number of carbonyl (C=O) groups is 2. The van der Waals surface area contributed by atoms with Gasteiger partial charge in [-0.2, -0.15) is 0 Å². The standard InChI is InChI=1S/C26H22N2O3S3/c1-17-6-10-19(11-7-17)27-24(29)16-31-21-12-8-18(9-13-21)14-23-25(30)28(26(32)34-23)20-4-3-5-22(15-20)33-2/h3-15H,16H2,1-2H3,(H,27,29)/b23-14+. The van der Waals surface area contributed by atoms with Crippen LogP contribution in [-0.4, -0.2) is 29.0 Å². The topological polar surface area (TPSA) is 58.6 Å². The smallest absolute Gasteiger partial charge is 0.270 e. The van der Waals surface area contributed by atoms with E-state index < -0.39 is 0 Å². The second-order valence-corrected chi connectivity index (χ2v) is 10.0. The highest BCUT2D eigenvalue weighted by molar-refractivity contribution is 8.27. The van der Waals surface area contributed by atoms with Gasteiger partial charge in [-0.1, -0.05) is 59.9 Å². The normalized spacial score (nSPS) is 14.5. The van der Waals surface area contributed by atoms with Crippen molar-refractivity contribution in [3.05, 3.63) is 88.8 Å². The largest absolute Gasteiger partial charge is 0.484 e. The van der Waals surface area contributed by atoms with Gasteiger partial charge in [0.2, 0.25) is 0 Å². The van der Waals surface area contributed by atoms with Crippen LogP contribution >= 0.6 is 35.7 Å². The van der Waals surface area contributed by atoms with E-state index in [0.29, 0.717) is 15.0 Å².